The predicted octanol–water partition coefficient (Wildman–Crippen LogP) is 4.02. The van der Waals surface area contributed by atoms with E-state index in [1.807, 2.05) is 38.1 Å². The molecule has 2 heterocycles. The number of hydrogen-bond donors (Lipinski definition) is 0. The number of aryl methyl sites for hydroxylation is 1. The van der Waals surface area contributed by atoms with Crippen molar-refractivity contribution in [2.24, 2.45) is 0 Å². The van der Waals surface area contributed by atoms with E-state index in [9.17, 15) is 8.42 Å². The molecule has 32 heavy (non-hydrogen) atoms. The smallest absolute Gasteiger partial charge is 0.251 e. The van der Waals surface area contributed by atoms with E-state index in [2.05, 4.69) is 10.2 Å². The van der Waals surface area contributed by atoms with Crippen molar-refractivity contribution in [1.29, 1.82) is 0 Å². The van der Waals surface area contributed by atoms with Gasteiger partial charge in [-0.15, -0.1) is 10.2 Å². The maximum Gasteiger partial charge on any atom is 0.251 e. The molecule has 0 aliphatic carbocycles. The molecular formula is C23H27N3O5S. The lowest BCUT2D eigenvalue weighted by Crippen LogP contribution is -2.38. The largest absolute Gasteiger partial charge is 0.496 e. The second kappa shape index (κ2) is 9.30. The predicted molar refractivity (Wildman–Crippen MR) is 119 cm³/mol. The Morgan fingerprint density at radius 1 is 1.09 bits per heavy atom. The van der Waals surface area contributed by atoms with Crippen molar-refractivity contribution in [3.8, 4) is 23.0 Å². The second-order valence-electron chi connectivity index (χ2n) is 7.68. The van der Waals surface area contributed by atoms with Crippen molar-refractivity contribution >= 4 is 10.0 Å². The summed E-state index contributed by atoms with van der Waals surface area (Å²) in [4.78, 5) is 0.285. The third-order valence-electron chi connectivity index (χ3n) is 5.67. The van der Waals surface area contributed by atoms with Crippen LogP contribution in [0.3, 0.4) is 0 Å². The minimum atomic E-state index is -3.57. The molecule has 1 fully saturated rings. The van der Waals surface area contributed by atoms with E-state index in [1.54, 1.807) is 25.3 Å². The van der Waals surface area contributed by atoms with E-state index < -0.39 is 10.0 Å². The van der Waals surface area contributed by atoms with Gasteiger partial charge in [0.25, 0.3) is 5.89 Å². The highest BCUT2D eigenvalue weighted by Gasteiger charge is 2.32. The average Bonchev–Trinajstić information content (AvgIpc) is 3.30. The summed E-state index contributed by atoms with van der Waals surface area (Å²) in [5, 5.41) is 8.40. The first-order chi connectivity index (χ1) is 15.4. The van der Waals surface area contributed by atoms with E-state index in [1.165, 1.54) is 4.31 Å². The van der Waals surface area contributed by atoms with E-state index in [-0.39, 0.29) is 10.8 Å². The van der Waals surface area contributed by atoms with Gasteiger partial charge in [0.2, 0.25) is 15.9 Å². The van der Waals surface area contributed by atoms with Crippen LogP contribution in [0, 0.1) is 6.92 Å². The van der Waals surface area contributed by atoms with Gasteiger partial charge in [0.1, 0.15) is 11.5 Å². The molecule has 0 radical (unpaired) electrons. The van der Waals surface area contributed by atoms with Crippen molar-refractivity contribution in [2.45, 2.75) is 37.5 Å². The molecule has 1 aliphatic heterocycles. The van der Waals surface area contributed by atoms with Crippen LogP contribution in [0.15, 0.2) is 51.8 Å². The molecule has 0 saturated carbocycles. The summed E-state index contributed by atoms with van der Waals surface area (Å²) < 4.78 is 44.6. The Balaban J connectivity index is 1.45. The molecule has 8 nitrogen and oxygen atoms in total. The average molecular weight is 458 g/mol. The quantitative estimate of drug-likeness (QED) is 0.529. The number of aromatic nitrogens is 2. The fourth-order valence-corrected chi connectivity index (χ4v) is 5.48. The van der Waals surface area contributed by atoms with Crippen molar-refractivity contribution < 1.29 is 22.3 Å². The highest BCUT2D eigenvalue weighted by Crippen LogP contribution is 2.34. The summed E-state index contributed by atoms with van der Waals surface area (Å²) >= 11 is 0. The van der Waals surface area contributed by atoms with Crippen LogP contribution in [0.4, 0.5) is 0 Å². The van der Waals surface area contributed by atoms with Gasteiger partial charge >= 0.3 is 0 Å². The first kappa shape index (κ1) is 22.3. The second-order valence-corrected chi connectivity index (χ2v) is 9.62. The Morgan fingerprint density at radius 2 is 1.84 bits per heavy atom. The Kier molecular flexibility index (Phi) is 6.48. The number of hydrogen-bond acceptors (Lipinski definition) is 7. The van der Waals surface area contributed by atoms with Gasteiger partial charge in [-0.3, -0.25) is 0 Å². The van der Waals surface area contributed by atoms with Crippen LogP contribution in [-0.2, 0) is 10.0 Å². The molecule has 0 unspecified atom stereocenters. The summed E-state index contributed by atoms with van der Waals surface area (Å²) in [7, 11) is -1.98. The zero-order chi connectivity index (χ0) is 22.7. The van der Waals surface area contributed by atoms with Crippen LogP contribution in [0.25, 0.3) is 11.5 Å². The normalized spacial score (nSPS) is 15.6. The van der Waals surface area contributed by atoms with Crippen molar-refractivity contribution in [3.63, 3.8) is 0 Å². The van der Waals surface area contributed by atoms with Gasteiger partial charge in [-0.25, -0.2) is 8.42 Å². The van der Waals surface area contributed by atoms with Gasteiger partial charge in [-0.2, -0.15) is 4.31 Å². The molecule has 3 aromatic rings. The van der Waals surface area contributed by atoms with Crippen molar-refractivity contribution in [2.75, 3.05) is 26.8 Å². The Morgan fingerprint density at radius 3 is 2.53 bits per heavy atom. The number of methoxy groups -OCH3 is 1. The Bertz CT molecular complexity index is 1180. The topological polar surface area (TPSA) is 94.8 Å². The van der Waals surface area contributed by atoms with Crippen molar-refractivity contribution in [3.05, 3.63) is 53.9 Å². The standard InChI is InChI=1S/C23H27N3O5S/c1-4-30-20-10-9-18(15-16(20)2)32(27,28)26-13-11-17(12-14-26)22-24-25-23(31-22)19-7-5-6-8-21(19)29-3/h5-10,15,17H,4,11-14H2,1-3H3. The van der Waals surface area contributed by atoms with Gasteiger partial charge in [-0.05, 0) is 62.6 Å². The monoisotopic (exact) mass is 457 g/mol. The lowest BCUT2D eigenvalue weighted by atomic mass is 9.98. The third-order valence-corrected chi connectivity index (χ3v) is 7.56. The van der Waals surface area contributed by atoms with Crippen LogP contribution in [0.5, 0.6) is 11.5 Å². The highest BCUT2D eigenvalue weighted by atomic mass is 32.2. The first-order valence-electron chi connectivity index (χ1n) is 10.6. The van der Waals surface area contributed by atoms with E-state index >= 15 is 0 Å². The van der Waals surface area contributed by atoms with Gasteiger partial charge in [-0.1, -0.05) is 12.1 Å². The number of para-hydroxylation sites is 1. The van der Waals surface area contributed by atoms with Crippen LogP contribution in [-0.4, -0.2) is 49.7 Å². The molecule has 0 bridgehead atoms. The first-order valence-corrected chi connectivity index (χ1v) is 12.1. The lowest BCUT2D eigenvalue weighted by molar-refractivity contribution is 0.291. The Hall–Kier alpha value is -2.91. The van der Waals surface area contributed by atoms with E-state index in [0.29, 0.717) is 55.8 Å². The third kappa shape index (κ3) is 4.35. The fraction of sp³-hybridized carbons (Fsp3) is 0.391. The molecule has 0 atom stereocenters. The number of benzene rings is 2. The van der Waals surface area contributed by atoms with Gasteiger partial charge in [0.05, 0.1) is 24.2 Å². The molecule has 4 rings (SSSR count). The minimum Gasteiger partial charge on any atom is -0.496 e. The molecule has 0 N–H and O–H groups in total. The molecule has 170 valence electrons. The summed E-state index contributed by atoms with van der Waals surface area (Å²) in [5.41, 5.74) is 1.54. The SMILES string of the molecule is CCOc1ccc(S(=O)(=O)N2CCC(c3nnc(-c4ccccc4OC)o3)CC2)cc1C. The summed E-state index contributed by atoms with van der Waals surface area (Å²) in [6.07, 6.45) is 1.23. The number of piperidine rings is 1. The highest BCUT2D eigenvalue weighted by molar-refractivity contribution is 7.89. The molecule has 0 amide bonds. The maximum absolute atomic E-state index is 13.1. The minimum absolute atomic E-state index is 0.0134. The molecule has 1 saturated heterocycles. The maximum atomic E-state index is 13.1. The van der Waals surface area contributed by atoms with Gasteiger partial charge in [0.15, 0.2) is 0 Å². The van der Waals surface area contributed by atoms with Crippen LogP contribution in [0.2, 0.25) is 0 Å². The molecule has 0 spiro atoms. The summed E-state index contributed by atoms with van der Waals surface area (Å²) in [6, 6.07) is 12.5. The number of nitrogens with zero attached hydrogens (tertiary/aromatic N) is 3. The molecule has 1 aliphatic rings. The zero-order valence-electron chi connectivity index (χ0n) is 18.4. The van der Waals surface area contributed by atoms with Gasteiger partial charge in [0, 0.05) is 19.0 Å². The van der Waals surface area contributed by atoms with Crippen molar-refractivity contribution in [1.82, 2.24) is 14.5 Å². The Labute approximate surface area is 188 Å². The summed E-state index contributed by atoms with van der Waals surface area (Å²) in [6.45, 7) is 5.08. The van der Waals surface area contributed by atoms with E-state index in [4.69, 9.17) is 13.9 Å². The van der Waals surface area contributed by atoms with Crippen LogP contribution < -0.4 is 9.47 Å². The van der Waals surface area contributed by atoms with Gasteiger partial charge < -0.3 is 13.9 Å². The number of rotatable bonds is 7. The molecule has 9 heteroatoms. The zero-order valence-corrected chi connectivity index (χ0v) is 19.3. The van der Waals surface area contributed by atoms with Crippen LogP contribution in [0.1, 0.15) is 37.1 Å². The van der Waals surface area contributed by atoms with Crippen LogP contribution >= 0.6 is 0 Å². The fourth-order valence-electron chi connectivity index (χ4n) is 3.92. The number of sulfonamides is 1. The molecular weight excluding hydrogens is 430 g/mol. The molecule has 1 aromatic heterocycles. The number of ether oxygens (including phenoxy) is 2. The molecule has 2 aromatic carbocycles. The summed E-state index contributed by atoms with van der Waals surface area (Å²) in [5.74, 6) is 2.30. The lowest BCUT2D eigenvalue weighted by Gasteiger charge is -2.29. The van der Waals surface area contributed by atoms with E-state index in [0.717, 1.165) is 11.1 Å².